The van der Waals surface area contributed by atoms with Crippen molar-refractivity contribution in [2.45, 2.75) is 51.9 Å². The lowest BCUT2D eigenvalue weighted by molar-refractivity contribution is 0.278. The molecular formula is C22H26. The van der Waals surface area contributed by atoms with Gasteiger partial charge in [-0.1, -0.05) is 75.1 Å². The highest BCUT2D eigenvalue weighted by Crippen LogP contribution is 2.37. The van der Waals surface area contributed by atoms with Crippen LogP contribution in [-0.4, -0.2) is 0 Å². The molecule has 4 rings (SSSR count). The van der Waals surface area contributed by atoms with E-state index in [4.69, 9.17) is 0 Å². The number of hydrogen-bond donors (Lipinski definition) is 0. The van der Waals surface area contributed by atoms with Crippen molar-refractivity contribution >= 4 is 0 Å². The van der Waals surface area contributed by atoms with Gasteiger partial charge in [0.15, 0.2) is 0 Å². The fourth-order valence-electron chi connectivity index (χ4n) is 4.31. The molecule has 114 valence electrons. The molecule has 0 N–H and O–H groups in total. The lowest BCUT2D eigenvalue weighted by atomic mass is 9.80. The van der Waals surface area contributed by atoms with Gasteiger partial charge in [-0.25, -0.2) is 0 Å². The van der Waals surface area contributed by atoms with E-state index in [1.165, 1.54) is 66.3 Å². The molecule has 2 aromatic rings. The van der Waals surface area contributed by atoms with E-state index in [0.29, 0.717) is 0 Å². The van der Waals surface area contributed by atoms with Crippen molar-refractivity contribution in [2.75, 3.05) is 0 Å². The number of benzene rings is 2. The van der Waals surface area contributed by atoms with E-state index >= 15 is 0 Å². The zero-order chi connectivity index (χ0) is 14.9. The molecule has 2 aromatic carbocycles. The third-order valence-electron chi connectivity index (χ3n) is 5.84. The zero-order valence-corrected chi connectivity index (χ0v) is 13.6. The molecule has 0 heteroatoms. The van der Waals surface area contributed by atoms with Gasteiger partial charge in [-0.2, -0.15) is 0 Å². The Labute approximate surface area is 134 Å². The van der Waals surface area contributed by atoms with Crippen LogP contribution in [0.5, 0.6) is 0 Å². The van der Waals surface area contributed by atoms with E-state index in [9.17, 15) is 0 Å². The summed E-state index contributed by atoms with van der Waals surface area (Å²) in [7, 11) is 0. The fraction of sp³-hybridized carbons (Fsp3) is 0.455. The van der Waals surface area contributed by atoms with Gasteiger partial charge in [0.25, 0.3) is 0 Å². The Bertz CT molecular complexity index is 659. The van der Waals surface area contributed by atoms with Crippen molar-refractivity contribution in [3.8, 4) is 11.1 Å². The summed E-state index contributed by atoms with van der Waals surface area (Å²) in [4.78, 5) is 0. The van der Waals surface area contributed by atoms with Gasteiger partial charge < -0.3 is 0 Å². The van der Waals surface area contributed by atoms with Gasteiger partial charge >= 0.3 is 0 Å². The van der Waals surface area contributed by atoms with Crippen LogP contribution in [0.1, 0.15) is 55.7 Å². The quantitative estimate of drug-likeness (QED) is 0.553. The monoisotopic (exact) mass is 290 g/mol. The van der Waals surface area contributed by atoms with Crippen LogP contribution < -0.4 is 0 Å². The highest BCUT2D eigenvalue weighted by molar-refractivity contribution is 5.77. The minimum absolute atomic E-state index is 0.966. The second-order valence-electron chi connectivity index (χ2n) is 7.49. The molecule has 0 amide bonds. The molecule has 0 spiro atoms. The van der Waals surface area contributed by atoms with Crippen LogP contribution >= 0.6 is 0 Å². The molecule has 1 fully saturated rings. The SMILES string of the molecule is CC1CCC(CCc2ccc3c(c2)-c2ccccc2C3)CC1. The van der Waals surface area contributed by atoms with Crippen molar-refractivity contribution in [2.24, 2.45) is 11.8 Å². The Balaban J connectivity index is 1.47. The summed E-state index contributed by atoms with van der Waals surface area (Å²) in [6.45, 7) is 2.41. The minimum Gasteiger partial charge on any atom is -0.0625 e. The van der Waals surface area contributed by atoms with Crippen LogP contribution in [0, 0.1) is 11.8 Å². The van der Waals surface area contributed by atoms with Crippen molar-refractivity contribution in [3.05, 3.63) is 59.2 Å². The fourth-order valence-corrected chi connectivity index (χ4v) is 4.31. The van der Waals surface area contributed by atoms with E-state index in [-0.39, 0.29) is 0 Å². The Kier molecular flexibility index (Phi) is 3.78. The number of hydrogen-bond acceptors (Lipinski definition) is 0. The normalized spacial score (nSPS) is 23.1. The van der Waals surface area contributed by atoms with Gasteiger partial charge in [-0.05, 0) is 58.9 Å². The Hall–Kier alpha value is -1.56. The van der Waals surface area contributed by atoms with Gasteiger partial charge in [0.1, 0.15) is 0 Å². The maximum Gasteiger partial charge on any atom is -0.00135 e. The second-order valence-corrected chi connectivity index (χ2v) is 7.49. The summed E-state index contributed by atoms with van der Waals surface area (Å²) in [5, 5.41) is 0. The minimum atomic E-state index is 0.966. The maximum absolute atomic E-state index is 2.46. The van der Waals surface area contributed by atoms with Gasteiger partial charge in [0.05, 0.1) is 0 Å². The number of fused-ring (bicyclic) bond motifs is 3. The molecule has 0 aromatic heterocycles. The summed E-state index contributed by atoms with van der Waals surface area (Å²) in [6, 6.07) is 16.1. The highest BCUT2D eigenvalue weighted by atomic mass is 14.2. The molecule has 1 saturated carbocycles. The molecule has 0 bridgehead atoms. The van der Waals surface area contributed by atoms with Crippen LogP contribution in [0.4, 0.5) is 0 Å². The molecule has 2 aliphatic carbocycles. The van der Waals surface area contributed by atoms with Gasteiger partial charge in [-0.3, -0.25) is 0 Å². The molecule has 0 saturated heterocycles. The lowest BCUT2D eigenvalue weighted by Crippen LogP contribution is -2.12. The summed E-state index contributed by atoms with van der Waals surface area (Å²) in [5.74, 6) is 1.93. The van der Waals surface area contributed by atoms with E-state index in [2.05, 4.69) is 49.4 Å². The smallest absolute Gasteiger partial charge is 0.00135 e. The lowest BCUT2D eigenvalue weighted by Gasteiger charge is -2.26. The molecule has 0 atom stereocenters. The van der Waals surface area contributed by atoms with Gasteiger partial charge in [0.2, 0.25) is 0 Å². The van der Waals surface area contributed by atoms with E-state index < -0.39 is 0 Å². The van der Waals surface area contributed by atoms with Crippen LogP contribution in [-0.2, 0) is 12.8 Å². The Morgan fingerprint density at radius 3 is 2.50 bits per heavy atom. The predicted octanol–water partition coefficient (Wildman–Crippen LogP) is 6.02. The molecule has 0 radical (unpaired) electrons. The first-order valence-electron chi connectivity index (χ1n) is 8.99. The highest BCUT2D eigenvalue weighted by Gasteiger charge is 2.20. The van der Waals surface area contributed by atoms with Crippen LogP contribution in [0.25, 0.3) is 11.1 Å². The first-order chi connectivity index (χ1) is 10.8. The molecule has 0 nitrogen and oxygen atoms in total. The van der Waals surface area contributed by atoms with Crippen LogP contribution in [0.3, 0.4) is 0 Å². The van der Waals surface area contributed by atoms with Gasteiger partial charge in [0, 0.05) is 0 Å². The largest absolute Gasteiger partial charge is 0.0625 e. The maximum atomic E-state index is 2.46. The van der Waals surface area contributed by atoms with E-state index in [1.807, 2.05) is 0 Å². The van der Waals surface area contributed by atoms with Crippen molar-refractivity contribution < 1.29 is 0 Å². The topological polar surface area (TPSA) is 0 Å². The van der Waals surface area contributed by atoms with E-state index in [1.54, 1.807) is 0 Å². The standard InChI is InChI=1S/C22H26/c1-16-6-8-17(9-7-16)10-11-18-12-13-20-15-19-4-2-3-5-21(19)22(20)14-18/h2-5,12-14,16-17H,6-11,15H2,1H3. The zero-order valence-electron chi connectivity index (χ0n) is 13.6. The average Bonchev–Trinajstić information content (AvgIpc) is 2.92. The third-order valence-corrected chi connectivity index (χ3v) is 5.84. The molecular weight excluding hydrogens is 264 g/mol. The van der Waals surface area contributed by atoms with Crippen LogP contribution in [0.15, 0.2) is 42.5 Å². The molecule has 0 aliphatic heterocycles. The Morgan fingerprint density at radius 1 is 0.864 bits per heavy atom. The van der Waals surface area contributed by atoms with Crippen molar-refractivity contribution in [3.63, 3.8) is 0 Å². The summed E-state index contributed by atoms with van der Waals surface area (Å²) in [6.07, 6.45) is 9.56. The van der Waals surface area contributed by atoms with E-state index in [0.717, 1.165) is 18.3 Å². The summed E-state index contributed by atoms with van der Waals surface area (Å²) in [5.41, 5.74) is 7.50. The number of rotatable bonds is 3. The van der Waals surface area contributed by atoms with Crippen molar-refractivity contribution in [1.29, 1.82) is 0 Å². The number of aryl methyl sites for hydroxylation is 1. The third kappa shape index (κ3) is 2.72. The Morgan fingerprint density at radius 2 is 1.64 bits per heavy atom. The second kappa shape index (κ2) is 5.91. The van der Waals surface area contributed by atoms with Crippen LogP contribution in [0.2, 0.25) is 0 Å². The van der Waals surface area contributed by atoms with Gasteiger partial charge in [-0.15, -0.1) is 0 Å². The average molecular weight is 290 g/mol. The molecule has 2 aliphatic rings. The summed E-state index contributed by atoms with van der Waals surface area (Å²) < 4.78 is 0. The molecule has 0 unspecified atom stereocenters. The van der Waals surface area contributed by atoms with Crippen molar-refractivity contribution in [1.82, 2.24) is 0 Å². The molecule has 22 heavy (non-hydrogen) atoms. The first-order valence-corrected chi connectivity index (χ1v) is 8.99. The predicted molar refractivity (Wildman–Crippen MR) is 94.1 cm³/mol. The summed E-state index contributed by atoms with van der Waals surface area (Å²) >= 11 is 0. The first kappa shape index (κ1) is 14.1. The molecule has 0 heterocycles.